The molecule has 21 heavy (non-hydrogen) atoms. The van der Waals surface area contributed by atoms with Crippen molar-refractivity contribution in [1.82, 2.24) is 15.1 Å². The highest BCUT2D eigenvalue weighted by atomic mass is 19.2. The molecule has 2 atom stereocenters. The summed E-state index contributed by atoms with van der Waals surface area (Å²) in [6, 6.07) is 4.65. The Hall–Kier alpha value is -1.04. The summed E-state index contributed by atoms with van der Waals surface area (Å²) in [6.07, 6.45) is 0. The molecule has 0 aromatic heterocycles. The number of rotatable bonds is 5. The minimum absolute atomic E-state index is 0.184. The Morgan fingerprint density at radius 2 is 2.10 bits per heavy atom. The third kappa shape index (κ3) is 3.99. The smallest absolute Gasteiger partial charge is 0.163 e. The van der Waals surface area contributed by atoms with Crippen LogP contribution in [-0.2, 0) is 0 Å². The normalized spacial score (nSPS) is 22.4. The minimum atomic E-state index is -0.776. The Labute approximate surface area is 125 Å². The molecule has 2 unspecified atom stereocenters. The van der Waals surface area contributed by atoms with Crippen molar-refractivity contribution in [3.63, 3.8) is 0 Å². The number of hydrogen-bond donors (Lipinski definition) is 1. The molecule has 1 N–H and O–H groups in total. The number of nitrogens with zero attached hydrogens (tertiary/aromatic N) is 2. The van der Waals surface area contributed by atoms with Crippen molar-refractivity contribution in [2.45, 2.75) is 25.9 Å². The van der Waals surface area contributed by atoms with Crippen LogP contribution in [0.4, 0.5) is 8.78 Å². The van der Waals surface area contributed by atoms with Gasteiger partial charge in [0.25, 0.3) is 0 Å². The summed E-state index contributed by atoms with van der Waals surface area (Å²) in [4.78, 5) is 4.64. The van der Waals surface area contributed by atoms with Gasteiger partial charge in [-0.25, -0.2) is 8.78 Å². The van der Waals surface area contributed by atoms with Crippen molar-refractivity contribution in [3.8, 4) is 0 Å². The van der Waals surface area contributed by atoms with Gasteiger partial charge in [-0.3, -0.25) is 4.90 Å². The van der Waals surface area contributed by atoms with Crippen LogP contribution in [0.3, 0.4) is 0 Å². The maximum absolute atomic E-state index is 14.0. The van der Waals surface area contributed by atoms with Crippen molar-refractivity contribution >= 4 is 0 Å². The van der Waals surface area contributed by atoms with Gasteiger partial charge >= 0.3 is 0 Å². The molecule has 0 radical (unpaired) electrons. The molecule has 1 aromatic carbocycles. The van der Waals surface area contributed by atoms with E-state index in [1.54, 1.807) is 12.1 Å². The lowest BCUT2D eigenvalue weighted by Crippen LogP contribution is -2.52. The van der Waals surface area contributed by atoms with E-state index in [9.17, 15) is 8.78 Å². The predicted molar refractivity (Wildman–Crippen MR) is 81.3 cm³/mol. The highest BCUT2D eigenvalue weighted by molar-refractivity contribution is 5.23. The van der Waals surface area contributed by atoms with Gasteiger partial charge in [0.1, 0.15) is 0 Å². The third-order valence-corrected chi connectivity index (χ3v) is 4.19. The van der Waals surface area contributed by atoms with Gasteiger partial charge in [-0.1, -0.05) is 19.1 Å². The first kappa shape index (κ1) is 16.3. The van der Waals surface area contributed by atoms with Crippen LogP contribution in [0, 0.1) is 11.6 Å². The highest BCUT2D eigenvalue weighted by Gasteiger charge is 2.26. The number of piperazine rings is 1. The number of benzene rings is 1. The van der Waals surface area contributed by atoms with Crippen molar-refractivity contribution < 1.29 is 8.78 Å². The van der Waals surface area contributed by atoms with Crippen LogP contribution in [0.2, 0.25) is 0 Å². The Morgan fingerprint density at radius 1 is 1.33 bits per heavy atom. The van der Waals surface area contributed by atoms with E-state index >= 15 is 0 Å². The zero-order valence-electron chi connectivity index (χ0n) is 13.1. The lowest BCUT2D eigenvalue weighted by molar-refractivity contribution is 0.0901. The van der Waals surface area contributed by atoms with Crippen LogP contribution in [0.15, 0.2) is 18.2 Å². The van der Waals surface area contributed by atoms with Crippen LogP contribution in [0.25, 0.3) is 0 Å². The minimum Gasteiger partial charge on any atom is -0.309 e. The van der Waals surface area contributed by atoms with Crippen LogP contribution >= 0.6 is 0 Å². The first-order valence-electron chi connectivity index (χ1n) is 7.62. The number of likely N-dealkylation sites (N-methyl/N-ethyl adjacent to an activating group) is 2. The molecule has 0 saturated carbocycles. The Balaban J connectivity index is 2.14. The van der Waals surface area contributed by atoms with E-state index in [4.69, 9.17) is 0 Å². The summed E-state index contributed by atoms with van der Waals surface area (Å²) in [5, 5.41) is 3.28. The maximum atomic E-state index is 14.0. The van der Waals surface area contributed by atoms with Gasteiger partial charge < -0.3 is 10.2 Å². The molecule has 1 saturated heterocycles. The fourth-order valence-corrected chi connectivity index (χ4v) is 2.99. The second kappa shape index (κ2) is 7.29. The molecule has 1 aliphatic rings. The second-order valence-corrected chi connectivity index (χ2v) is 5.86. The van der Waals surface area contributed by atoms with E-state index in [1.165, 1.54) is 6.07 Å². The zero-order chi connectivity index (χ0) is 15.4. The second-order valence-electron chi connectivity index (χ2n) is 5.86. The first-order chi connectivity index (χ1) is 10.0. The Bertz CT molecular complexity index is 467. The van der Waals surface area contributed by atoms with Gasteiger partial charge in [-0.05, 0) is 26.6 Å². The van der Waals surface area contributed by atoms with E-state index in [2.05, 4.69) is 29.1 Å². The molecule has 118 valence electrons. The van der Waals surface area contributed by atoms with Crippen LogP contribution in [0.5, 0.6) is 0 Å². The number of nitrogens with one attached hydrogen (secondary N) is 1. The van der Waals surface area contributed by atoms with Crippen LogP contribution in [-0.4, -0.2) is 55.6 Å². The zero-order valence-corrected chi connectivity index (χ0v) is 13.1. The van der Waals surface area contributed by atoms with E-state index in [0.29, 0.717) is 18.2 Å². The highest BCUT2D eigenvalue weighted by Crippen LogP contribution is 2.22. The molecule has 1 aromatic rings. The molecule has 2 rings (SSSR count). The number of halogens is 2. The quantitative estimate of drug-likeness (QED) is 0.899. The van der Waals surface area contributed by atoms with Crippen molar-refractivity contribution in [2.75, 3.05) is 39.8 Å². The van der Waals surface area contributed by atoms with Crippen molar-refractivity contribution in [1.29, 1.82) is 0 Å². The molecular formula is C16H25F2N3. The monoisotopic (exact) mass is 297 g/mol. The molecule has 0 bridgehead atoms. The van der Waals surface area contributed by atoms with E-state index < -0.39 is 11.6 Å². The average Bonchev–Trinajstić information content (AvgIpc) is 2.44. The fourth-order valence-electron chi connectivity index (χ4n) is 2.99. The summed E-state index contributed by atoms with van der Waals surface area (Å²) in [5.41, 5.74) is 0.419. The lowest BCUT2D eigenvalue weighted by atomic mass is 10.0. The van der Waals surface area contributed by atoms with Gasteiger partial charge in [0.05, 0.1) is 0 Å². The van der Waals surface area contributed by atoms with Gasteiger partial charge in [-0.2, -0.15) is 0 Å². The lowest BCUT2D eigenvalue weighted by Gasteiger charge is -2.40. The third-order valence-electron chi connectivity index (χ3n) is 4.19. The summed E-state index contributed by atoms with van der Waals surface area (Å²) in [6.45, 7) is 8.56. The molecule has 1 fully saturated rings. The molecule has 1 heterocycles. The average molecular weight is 297 g/mol. The maximum Gasteiger partial charge on any atom is 0.163 e. The predicted octanol–water partition coefficient (Wildman–Crippen LogP) is 2.25. The van der Waals surface area contributed by atoms with Gasteiger partial charge in [0, 0.05) is 43.8 Å². The van der Waals surface area contributed by atoms with Gasteiger partial charge in [-0.15, -0.1) is 0 Å². The molecule has 5 heteroatoms. The standard InChI is InChI=1S/C16H25F2N3/c1-4-19-15(13-6-5-7-14(17)16(13)18)11-21-9-8-20(3)10-12(21)2/h5-7,12,15,19H,4,8-11H2,1-3H3. The Morgan fingerprint density at radius 3 is 2.76 bits per heavy atom. The van der Waals surface area contributed by atoms with E-state index in [1.807, 2.05) is 6.92 Å². The molecule has 0 spiro atoms. The summed E-state index contributed by atoms with van der Waals surface area (Å²) >= 11 is 0. The molecule has 1 aliphatic heterocycles. The summed E-state index contributed by atoms with van der Waals surface area (Å²) < 4.78 is 27.5. The van der Waals surface area contributed by atoms with Gasteiger partial charge in [0.15, 0.2) is 11.6 Å². The van der Waals surface area contributed by atoms with Crippen molar-refractivity contribution in [2.24, 2.45) is 0 Å². The molecule has 3 nitrogen and oxygen atoms in total. The molecule has 0 aliphatic carbocycles. The summed E-state index contributed by atoms with van der Waals surface area (Å²) in [5.74, 6) is -1.51. The van der Waals surface area contributed by atoms with E-state index in [-0.39, 0.29) is 6.04 Å². The molecule has 0 amide bonds. The number of hydrogen-bond acceptors (Lipinski definition) is 3. The molecular weight excluding hydrogens is 272 g/mol. The van der Waals surface area contributed by atoms with E-state index in [0.717, 1.165) is 26.2 Å². The van der Waals surface area contributed by atoms with Crippen LogP contribution in [0.1, 0.15) is 25.5 Å². The Kier molecular flexibility index (Phi) is 5.67. The fraction of sp³-hybridized carbons (Fsp3) is 0.625. The van der Waals surface area contributed by atoms with Gasteiger partial charge in [0.2, 0.25) is 0 Å². The largest absolute Gasteiger partial charge is 0.309 e. The first-order valence-corrected chi connectivity index (χ1v) is 7.62. The van der Waals surface area contributed by atoms with Crippen molar-refractivity contribution in [3.05, 3.63) is 35.4 Å². The SMILES string of the molecule is CCNC(CN1CCN(C)CC1C)c1cccc(F)c1F. The topological polar surface area (TPSA) is 18.5 Å². The van der Waals surface area contributed by atoms with Crippen LogP contribution < -0.4 is 5.32 Å². The summed E-state index contributed by atoms with van der Waals surface area (Å²) in [7, 11) is 2.11.